The van der Waals surface area contributed by atoms with Crippen molar-refractivity contribution in [3.63, 3.8) is 0 Å². The van der Waals surface area contributed by atoms with Gasteiger partial charge in [-0.05, 0) is 131 Å². The van der Waals surface area contributed by atoms with E-state index < -0.39 is 6.03 Å². The van der Waals surface area contributed by atoms with Crippen molar-refractivity contribution in [3.05, 3.63) is 112 Å². The zero-order valence-corrected chi connectivity index (χ0v) is 29.3. The third-order valence-electron chi connectivity index (χ3n) is 7.87. The number of aryl methyl sites for hydroxylation is 1. The number of urea groups is 1. The van der Waals surface area contributed by atoms with Gasteiger partial charge in [-0.3, -0.25) is 20.3 Å². The topological polar surface area (TPSA) is 99.8 Å². The number of nitrogens with one attached hydrogen (secondary N) is 2. The first-order valence-corrected chi connectivity index (χ1v) is 16.4. The first-order valence-electron chi connectivity index (χ1n) is 16.4. The molecule has 4 N–H and O–H groups in total. The van der Waals surface area contributed by atoms with E-state index >= 15 is 0 Å². The van der Waals surface area contributed by atoms with Gasteiger partial charge >= 0.3 is 6.03 Å². The molecular formula is C39H55N5O2. The number of aliphatic imine (C=N–C) groups is 1. The minimum atomic E-state index is -0.422. The minimum absolute atomic E-state index is 0.0658. The Morgan fingerprint density at radius 3 is 2.48 bits per heavy atom. The van der Waals surface area contributed by atoms with Gasteiger partial charge in [0.2, 0.25) is 12.4 Å². The number of hydrogen-bond acceptors (Lipinski definition) is 4. The monoisotopic (exact) mass is 625 g/mol. The zero-order valence-electron chi connectivity index (χ0n) is 29.3. The van der Waals surface area contributed by atoms with Crippen LogP contribution in [0.2, 0.25) is 0 Å². The van der Waals surface area contributed by atoms with Gasteiger partial charge in [0.05, 0.1) is 12.2 Å². The number of nitrogens with zero attached hydrogens (tertiary/aromatic N) is 2. The molecule has 1 aromatic carbocycles. The number of rotatable bonds is 14. The van der Waals surface area contributed by atoms with Crippen LogP contribution in [0.4, 0.5) is 4.79 Å². The van der Waals surface area contributed by atoms with Gasteiger partial charge in [-0.1, -0.05) is 69.4 Å². The van der Waals surface area contributed by atoms with Crippen LogP contribution in [0.25, 0.3) is 5.57 Å². The average Bonchev–Trinajstić information content (AvgIpc) is 3.02. The summed E-state index contributed by atoms with van der Waals surface area (Å²) in [6.07, 6.45) is 19.7. The summed E-state index contributed by atoms with van der Waals surface area (Å²) in [6.45, 7) is 20.4. The predicted molar refractivity (Wildman–Crippen MR) is 195 cm³/mol. The highest BCUT2D eigenvalue weighted by atomic mass is 16.2. The lowest BCUT2D eigenvalue weighted by Gasteiger charge is -2.27. The van der Waals surface area contributed by atoms with Gasteiger partial charge in [-0.25, -0.2) is 9.79 Å². The van der Waals surface area contributed by atoms with Crippen LogP contribution in [0.1, 0.15) is 104 Å². The molecule has 0 saturated carbocycles. The van der Waals surface area contributed by atoms with E-state index in [0.29, 0.717) is 18.7 Å². The first-order chi connectivity index (χ1) is 21.9. The number of nitrogens with two attached hydrogens (primary N) is 1. The lowest BCUT2D eigenvalue weighted by atomic mass is 9.92. The highest BCUT2D eigenvalue weighted by Gasteiger charge is 2.22. The number of allylic oxidation sites excluding steroid dienone is 11. The van der Waals surface area contributed by atoms with Crippen LogP contribution in [-0.4, -0.2) is 28.8 Å². The van der Waals surface area contributed by atoms with E-state index in [1.54, 1.807) is 11.0 Å². The summed E-state index contributed by atoms with van der Waals surface area (Å²) in [4.78, 5) is 32.4. The van der Waals surface area contributed by atoms with E-state index in [0.717, 1.165) is 77.6 Å². The fourth-order valence-corrected chi connectivity index (χ4v) is 5.12. The molecule has 7 heteroatoms. The Kier molecular flexibility index (Phi) is 15.4. The molecule has 0 aliphatic heterocycles. The van der Waals surface area contributed by atoms with Gasteiger partial charge in [0.1, 0.15) is 0 Å². The van der Waals surface area contributed by atoms with Crippen molar-refractivity contribution in [2.45, 2.75) is 106 Å². The molecule has 1 aliphatic carbocycles. The fourth-order valence-electron chi connectivity index (χ4n) is 5.12. The largest absolute Gasteiger partial charge is 0.328 e. The summed E-state index contributed by atoms with van der Waals surface area (Å²) in [6, 6.07) is 6.04. The second-order valence-electron chi connectivity index (χ2n) is 12.4. The number of carbonyl (C=O) groups excluding carboxylic acids is 2. The number of benzene rings is 1. The van der Waals surface area contributed by atoms with Gasteiger partial charge in [0, 0.05) is 11.2 Å². The molecule has 1 aromatic rings. The van der Waals surface area contributed by atoms with Crippen molar-refractivity contribution >= 4 is 24.0 Å². The third-order valence-corrected chi connectivity index (χ3v) is 7.87. The molecule has 0 unspecified atom stereocenters. The Balaban J connectivity index is 2.66. The molecule has 0 spiro atoms. The Bertz CT molecular complexity index is 1460. The molecule has 0 bridgehead atoms. The van der Waals surface area contributed by atoms with Crippen LogP contribution >= 0.6 is 0 Å². The van der Waals surface area contributed by atoms with Gasteiger partial charge in [0.15, 0.2) is 0 Å². The van der Waals surface area contributed by atoms with Crippen LogP contribution < -0.4 is 16.4 Å². The third kappa shape index (κ3) is 11.9. The Morgan fingerprint density at radius 2 is 1.89 bits per heavy atom. The van der Waals surface area contributed by atoms with E-state index in [-0.39, 0.29) is 11.5 Å². The molecule has 248 valence electrons. The van der Waals surface area contributed by atoms with Gasteiger partial charge in [-0.2, -0.15) is 0 Å². The summed E-state index contributed by atoms with van der Waals surface area (Å²) in [7, 11) is 0. The molecule has 0 radical (unpaired) electrons. The van der Waals surface area contributed by atoms with E-state index in [1.807, 2.05) is 58.9 Å². The summed E-state index contributed by atoms with van der Waals surface area (Å²) in [5.74, 6) is 0.0658. The molecule has 7 nitrogen and oxygen atoms in total. The molecule has 46 heavy (non-hydrogen) atoms. The van der Waals surface area contributed by atoms with Crippen molar-refractivity contribution in [1.29, 1.82) is 0 Å². The molecule has 0 saturated heterocycles. The maximum absolute atomic E-state index is 14.2. The lowest BCUT2D eigenvalue weighted by molar-refractivity contribution is -0.108. The summed E-state index contributed by atoms with van der Waals surface area (Å²) in [5.41, 5.74) is 15.0. The molecule has 0 fully saturated rings. The molecule has 2 rings (SSSR count). The normalized spacial score (nSPS) is 15.7. The molecule has 3 amide bonds. The SMILES string of the molecule is C=C/C(C)=C\C(=C/C)N(Cc1cc(/C(C)=C/CC)ccc1CCC(C)(C)N)C(=O)NC(=NC1=C/C(=C/C)CC=C1CCC)NC=O. The van der Waals surface area contributed by atoms with Crippen LogP contribution in [0, 0.1) is 0 Å². The average molecular weight is 626 g/mol. The Morgan fingerprint density at radius 1 is 1.15 bits per heavy atom. The van der Waals surface area contributed by atoms with Crippen LogP contribution in [-0.2, 0) is 17.8 Å². The predicted octanol–water partition coefficient (Wildman–Crippen LogP) is 8.78. The second kappa shape index (κ2) is 18.7. The summed E-state index contributed by atoms with van der Waals surface area (Å²) < 4.78 is 0. The Hall–Kier alpha value is -4.23. The molecule has 0 heterocycles. The van der Waals surface area contributed by atoms with Crippen molar-refractivity contribution in [2.75, 3.05) is 0 Å². The first kappa shape index (κ1) is 38.0. The van der Waals surface area contributed by atoms with Crippen molar-refractivity contribution in [3.8, 4) is 0 Å². The number of carbonyl (C=O) groups is 2. The van der Waals surface area contributed by atoms with Gasteiger partial charge in [-0.15, -0.1) is 0 Å². The fraction of sp³-hybridized carbons (Fsp3) is 0.410. The molecular weight excluding hydrogens is 570 g/mol. The maximum Gasteiger partial charge on any atom is 0.328 e. The van der Waals surface area contributed by atoms with Crippen molar-refractivity contribution in [1.82, 2.24) is 15.5 Å². The zero-order chi connectivity index (χ0) is 34.3. The minimum Gasteiger partial charge on any atom is -0.326 e. The number of amides is 3. The quantitative estimate of drug-likeness (QED) is 0.0834. The molecule has 1 aliphatic rings. The van der Waals surface area contributed by atoms with Gasteiger partial charge in [0.25, 0.3) is 0 Å². The second-order valence-corrected chi connectivity index (χ2v) is 12.4. The smallest absolute Gasteiger partial charge is 0.326 e. The van der Waals surface area contributed by atoms with Crippen LogP contribution in [0.5, 0.6) is 0 Å². The van der Waals surface area contributed by atoms with Crippen molar-refractivity contribution < 1.29 is 9.59 Å². The van der Waals surface area contributed by atoms with Gasteiger partial charge < -0.3 is 5.73 Å². The molecule has 0 atom stereocenters. The summed E-state index contributed by atoms with van der Waals surface area (Å²) >= 11 is 0. The van der Waals surface area contributed by atoms with E-state index in [2.05, 4.69) is 68.3 Å². The number of hydrogen-bond donors (Lipinski definition) is 3. The van der Waals surface area contributed by atoms with E-state index in [9.17, 15) is 9.59 Å². The van der Waals surface area contributed by atoms with Crippen molar-refractivity contribution in [2.24, 2.45) is 10.7 Å². The van der Waals surface area contributed by atoms with E-state index in [1.165, 1.54) is 5.57 Å². The molecule has 0 aromatic heterocycles. The van der Waals surface area contributed by atoms with Crippen LogP contribution in [0.15, 0.2) is 100 Å². The highest BCUT2D eigenvalue weighted by Crippen LogP contribution is 2.28. The standard InChI is InChI=1S/C39H55N5O2/c1-10-15-29(7)33-20-19-31(21-22-39(8,9)40)34(25-33)26-44(35(14-5)23-28(6)12-3)38(46)43-37(41-27-45)42-36-24-30(13-4)17-18-32(36)16-11-2/h12-15,18-20,23-25,27H,3,10-11,16-17,21-22,26,40H2,1-2,4-9H3,(H2,41,42,43,45,46)/b28-23-,29-15+,30-13+,35-14+. The summed E-state index contributed by atoms with van der Waals surface area (Å²) in [5, 5.41) is 5.52. The van der Waals surface area contributed by atoms with E-state index in [4.69, 9.17) is 10.7 Å². The van der Waals surface area contributed by atoms with Crippen LogP contribution in [0.3, 0.4) is 0 Å². The highest BCUT2D eigenvalue weighted by molar-refractivity contribution is 6.01. The maximum atomic E-state index is 14.2. The number of guanidine groups is 1. The Labute approximate surface area is 277 Å². The lowest BCUT2D eigenvalue weighted by Crippen LogP contribution is -2.47.